The molecule has 0 aliphatic carbocycles. The van der Waals surface area contributed by atoms with Crippen LogP contribution in [0.2, 0.25) is 0 Å². The summed E-state index contributed by atoms with van der Waals surface area (Å²) in [5.41, 5.74) is 2.38. The molecule has 262 valence electrons. The summed E-state index contributed by atoms with van der Waals surface area (Å²) in [6.45, 7) is 8.43. The van der Waals surface area contributed by atoms with Crippen LogP contribution in [0.3, 0.4) is 0 Å². The molecule has 48 heavy (non-hydrogen) atoms. The average Bonchev–Trinajstić information content (AvgIpc) is 3.81. The minimum Gasteiger partial charge on any atom is -0.443 e. The van der Waals surface area contributed by atoms with Crippen LogP contribution in [0.5, 0.6) is 0 Å². The fraction of sp³-hybridized carbons (Fsp3) is 0.600. The highest BCUT2D eigenvalue weighted by Gasteiger charge is 2.44. The lowest BCUT2D eigenvalue weighted by Crippen LogP contribution is -2.51. The fourth-order valence-electron chi connectivity index (χ4n) is 6.99. The Morgan fingerprint density at radius 1 is 1.08 bits per heavy atom. The van der Waals surface area contributed by atoms with Gasteiger partial charge in [-0.1, -0.05) is 50.6 Å². The molecule has 3 aliphatic rings. The molecular formula is C35H49N5O7S. The SMILES string of the molecule is CC(C)CN(C[C@@H](O)[C@H](Cc1ccccc1)NC(=O)O[C@H]1CO[C@H]2OCC[C@H]21)S(=O)(=O)c1ccc2ncn(CCN3CCCCC3)c2c1. The number of rotatable bonds is 14. The Balaban J connectivity index is 1.19. The van der Waals surface area contributed by atoms with Crippen LogP contribution in [-0.4, -0.2) is 109 Å². The number of carbonyl (C=O) groups excluding carboxylic acids is 1. The van der Waals surface area contributed by atoms with Crippen molar-refractivity contribution in [2.75, 3.05) is 45.9 Å². The number of nitrogens with zero attached hydrogens (tertiary/aromatic N) is 4. The third kappa shape index (κ3) is 8.38. The molecule has 0 radical (unpaired) electrons. The molecule has 6 rings (SSSR count). The molecule has 13 heteroatoms. The number of nitrogens with one attached hydrogen (secondary N) is 1. The predicted molar refractivity (Wildman–Crippen MR) is 181 cm³/mol. The van der Waals surface area contributed by atoms with Gasteiger partial charge in [-0.3, -0.25) is 0 Å². The van der Waals surface area contributed by atoms with Crippen molar-refractivity contribution >= 4 is 27.1 Å². The molecule has 3 saturated heterocycles. The number of benzene rings is 2. The van der Waals surface area contributed by atoms with E-state index in [9.17, 15) is 18.3 Å². The fourth-order valence-corrected chi connectivity index (χ4v) is 8.63. The first-order valence-corrected chi connectivity index (χ1v) is 18.7. The van der Waals surface area contributed by atoms with Crippen LogP contribution in [0.15, 0.2) is 59.8 Å². The van der Waals surface area contributed by atoms with Gasteiger partial charge in [0, 0.05) is 26.2 Å². The van der Waals surface area contributed by atoms with E-state index in [2.05, 4.69) is 15.2 Å². The van der Waals surface area contributed by atoms with Crippen LogP contribution in [0.25, 0.3) is 11.0 Å². The van der Waals surface area contributed by atoms with E-state index in [0.717, 1.165) is 49.2 Å². The number of imidazole rings is 1. The number of alkyl carbamates (subject to hydrolysis) is 1. The van der Waals surface area contributed by atoms with Crippen LogP contribution in [0.4, 0.5) is 4.79 Å². The molecule has 4 heterocycles. The van der Waals surface area contributed by atoms with Gasteiger partial charge in [0.25, 0.3) is 0 Å². The minimum atomic E-state index is -4.03. The summed E-state index contributed by atoms with van der Waals surface area (Å²) < 4.78 is 48.8. The van der Waals surface area contributed by atoms with Gasteiger partial charge in [-0.25, -0.2) is 18.2 Å². The topological polar surface area (TPSA) is 135 Å². The zero-order valence-corrected chi connectivity index (χ0v) is 28.8. The van der Waals surface area contributed by atoms with Crippen molar-refractivity contribution in [2.24, 2.45) is 11.8 Å². The van der Waals surface area contributed by atoms with Crippen molar-refractivity contribution in [1.29, 1.82) is 0 Å². The molecule has 3 aliphatic heterocycles. The number of fused-ring (bicyclic) bond motifs is 2. The van der Waals surface area contributed by atoms with E-state index >= 15 is 0 Å². The number of amides is 1. The third-order valence-corrected chi connectivity index (χ3v) is 11.4. The Labute approximate surface area is 283 Å². The Morgan fingerprint density at radius 3 is 2.65 bits per heavy atom. The molecule has 5 atom stereocenters. The molecule has 0 unspecified atom stereocenters. The van der Waals surface area contributed by atoms with Gasteiger partial charge in [-0.15, -0.1) is 0 Å². The van der Waals surface area contributed by atoms with Gasteiger partial charge in [0.05, 0.1) is 53.5 Å². The molecular weight excluding hydrogens is 634 g/mol. The number of aliphatic hydroxyl groups excluding tert-OH is 1. The van der Waals surface area contributed by atoms with Crippen LogP contribution >= 0.6 is 0 Å². The van der Waals surface area contributed by atoms with Crippen LogP contribution in [0, 0.1) is 11.8 Å². The second-order valence-electron chi connectivity index (χ2n) is 13.7. The van der Waals surface area contributed by atoms with E-state index in [0.29, 0.717) is 6.61 Å². The van der Waals surface area contributed by atoms with E-state index in [1.807, 2.05) is 48.7 Å². The summed E-state index contributed by atoms with van der Waals surface area (Å²) in [5, 5.41) is 14.5. The molecule has 2 aromatic carbocycles. The number of likely N-dealkylation sites (tertiary alicyclic amines) is 1. The van der Waals surface area contributed by atoms with E-state index in [4.69, 9.17) is 14.2 Å². The first kappa shape index (κ1) is 34.8. The van der Waals surface area contributed by atoms with Crippen LogP contribution in [0.1, 0.15) is 45.1 Å². The van der Waals surface area contributed by atoms with Gasteiger partial charge in [0.1, 0.15) is 6.10 Å². The highest BCUT2D eigenvalue weighted by Crippen LogP contribution is 2.33. The Hall–Kier alpha value is -3.07. The van der Waals surface area contributed by atoms with Gasteiger partial charge in [0.2, 0.25) is 10.0 Å². The molecule has 0 bridgehead atoms. The zero-order chi connectivity index (χ0) is 33.7. The normalized spacial score (nSPS) is 23.1. The van der Waals surface area contributed by atoms with Crippen molar-refractivity contribution in [2.45, 2.75) is 81.9 Å². The maximum absolute atomic E-state index is 14.3. The van der Waals surface area contributed by atoms with Crippen LogP contribution < -0.4 is 5.32 Å². The summed E-state index contributed by atoms with van der Waals surface area (Å²) in [4.78, 5) is 20.3. The summed E-state index contributed by atoms with van der Waals surface area (Å²) in [6, 6.07) is 13.7. The van der Waals surface area contributed by atoms with Crippen molar-refractivity contribution < 1.29 is 32.5 Å². The number of piperidine rings is 1. The second-order valence-corrected chi connectivity index (χ2v) is 15.6. The van der Waals surface area contributed by atoms with E-state index in [1.54, 1.807) is 24.5 Å². The highest BCUT2D eigenvalue weighted by atomic mass is 32.2. The summed E-state index contributed by atoms with van der Waals surface area (Å²) >= 11 is 0. The van der Waals surface area contributed by atoms with Crippen molar-refractivity contribution in [3.05, 3.63) is 60.4 Å². The maximum Gasteiger partial charge on any atom is 0.407 e. The number of hydrogen-bond acceptors (Lipinski definition) is 9. The molecule has 0 saturated carbocycles. The Kier molecular flexibility index (Phi) is 11.3. The van der Waals surface area contributed by atoms with Gasteiger partial charge >= 0.3 is 6.09 Å². The molecule has 1 amide bonds. The highest BCUT2D eigenvalue weighted by molar-refractivity contribution is 7.89. The van der Waals surface area contributed by atoms with Crippen molar-refractivity contribution in [1.82, 2.24) is 24.1 Å². The smallest absolute Gasteiger partial charge is 0.407 e. The molecule has 3 aromatic rings. The van der Waals surface area contributed by atoms with Gasteiger partial charge < -0.3 is 34.1 Å². The lowest BCUT2D eigenvalue weighted by atomic mass is 10.0. The Morgan fingerprint density at radius 2 is 1.88 bits per heavy atom. The summed E-state index contributed by atoms with van der Waals surface area (Å²) in [7, 11) is -4.03. The number of hydrogen-bond donors (Lipinski definition) is 2. The molecule has 0 spiro atoms. The monoisotopic (exact) mass is 683 g/mol. The molecule has 12 nitrogen and oxygen atoms in total. The summed E-state index contributed by atoms with van der Waals surface area (Å²) in [5.74, 6) is -0.0430. The first-order valence-electron chi connectivity index (χ1n) is 17.3. The minimum absolute atomic E-state index is 0.0137. The predicted octanol–water partition coefficient (Wildman–Crippen LogP) is 3.63. The lowest BCUT2D eigenvalue weighted by molar-refractivity contribution is -0.0907. The van der Waals surface area contributed by atoms with Gasteiger partial charge in [0.15, 0.2) is 6.29 Å². The van der Waals surface area contributed by atoms with E-state index in [-0.39, 0.29) is 49.1 Å². The largest absolute Gasteiger partial charge is 0.443 e. The van der Waals surface area contributed by atoms with Crippen LogP contribution in [-0.2, 0) is 37.2 Å². The standard InChI is InChI=1S/C35H49N5O7S/c1-25(2)21-40(48(43,44)27-11-12-29-31(20-27)39(24-36-29)17-16-38-14-7-4-8-15-38)22-32(41)30(19-26-9-5-3-6-10-26)37-35(42)47-33-23-46-34-28(33)13-18-45-34/h3,5-6,9-12,20,24-25,28,30,32-34,41H,4,7-8,13-19,21-23H2,1-2H3,(H,37,42)/t28-,30-,32+,33-,34+/m0/s1. The average molecular weight is 684 g/mol. The van der Waals surface area contributed by atoms with E-state index in [1.165, 1.54) is 23.6 Å². The Bertz CT molecular complexity index is 1610. The van der Waals surface area contributed by atoms with Gasteiger partial charge in [-0.05, 0) is 68.5 Å². The third-order valence-electron chi connectivity index (χ3n) is 9.61. The van der Waals surface area contributed by atoms with Gasteiger partial charge in [-0.2, -0.15) is 4.31 Å². The number of ether oxygens (including phenoxy) is 3. The molecule has 3 fully saturated rings. The molecule has 1 aromatic heterocycles. The number of carbonyl (C=O) groups is 1. The van der Waals surface area contributed by atoms with Crippen molar-refractivity contribution in [3.63, 3.8) is 0 Å². The zero-order valence-electron chi connectivity index (χ0n) is 27.9. The number of sulfonamides is 1. The maximum atomic E-state index is 14.3. The number of aliphatic hydroxyl groups is 1. The summed E-state index contributed by atoms with van der Waals surface area (Å²) in [6.07, 6.45) is 3.76. The first-order chi connectivity index (χ1) is 23.2. The number of aromatic nitrogens is 2. The lowest BCUT2D eigenvalue weighted by Gasteiger charge is -2.31. The molecule has 2 N–H and O–H groups in total. The second kappa shape index (κ2) is 15.6. The van der Waals surface area contributed by atoms with Crippen molar-refractivity contribution in [3.8, 4) is 0 Å². The quantitative estimate of drug-likeness (QED) is 0.261. The van der Waals surface area contributed by atoms with E-state index < -0.39 is 34.4 Å².